The lowest BCUT2D eigenvalue weighted by molar-refractivity contribution is 0.0694. The van der Waals surface area contributed by atoms with Crippen LogP contribution in [0.5, 0.6) is 5.75 Å². The zero-order valence-corrected chi connectivity index (χ0v) is 17.0. The molecule has 0 bridgehead atoms. The molecular formula is C22H27FN4O2. The number of para-hydroxylation sites is 1. The van der Waals surface area contributed by atoms with Gasteiger partial charge in [0.15, 0.2) is 5.96 Å². The van der Waals surface area contributed by atoms with Crippen molar-refractivity contribution >= 4 is 11.9 Å². The summed E-state index contributed by atoms with van der Waals surface area (Å²) in [6.07, 6.45) is 0.786. The van der Waals surface area contributed by atoms with Gasteiger partial charge in [-0.1, -0.05) is 30.3 Å². The zero-order valence-electron chi connectivity index (χ0n) is 17.0. The maximum absolute atomic E-state index is 13.7. The first kappa shape index (κ1) is 20.6. The molecule has 3 N–H and O–H groups in total. The molecule has 1 aliphatic rings. The highest BCUT2D eigenvalue weighted by Crippen LogP contribution is 2.39. The Balaban J connectivity index is 1.54. The fraction of sp³-hybridized carbons (Fsp3) is 0.364. The van der Waals surface area contributed by atoms with Crippen LogP contribution in [0.25, 0.3) is 0 Å². The molecule has 0 radical (unpaired) electrons. The summed E-state index contributed by atoms with van der Waals surface area (Å²) < 4.78 is 19.7. The number of nitrogens with zero attached hydrogens (tertiary/aromatic N) is 1. The molecule has 6 nitrogen and oxygen atoms in total. The van der Waals surface area contributed by atoms with Gasteiger partial charge < -0.3 is 20.7 Å². The topological polar surface area (TPSA) is 74.8 Å². The van der Waals surface area contributed by atoms with E-state index in [1.54, 1.807) is 19.2 Å². The first-order valence-electron chi connectivity index (χ1n) is 9.67. The first-order valence-corrected chi connectivity index (χ1v) is 9.67. The third kappa shape index (κ3) is 5.25. The van der Waals surface area contributed by atoms with E-state index in [1.165, 1.54) is 12.1 Å². The van der Waals surface area contributed by atoms with Gasteiger partial charge in [-0.2, -0.15) is 0 Å². The average Bonchev–Trinajstić information content (AvgIpc) is 2.69. The number of carbonyl (C=O) groups is 1. The summed E-state index contributed by atoms with van der Waals surface area (Å²) in [5.41, 5.74) is 0.831. The number of rotatable bonds is 5. The standard InChI is InChI=1S/C22H27FN4O2/c1-22(2)14-18(16-9-5-7-11-19(16)29-22)27-21(24-3)26-13-12-25-20(28)15-8-4-6-10-17(15)23/h4-11,18H,12-14H2,1-3H3,(H,25,28)(H2,24,26,27). The van der Waals surface area contributed by atoms with E-state index in [2.05, 4.69) is 34.8 Å². The second-order valence-electron chi connectivity index (χ2n) is 7.54. The Kier molecular flexibility index (Phi) is 6.36. The Morgan fingerprint density at radius 3 is 2.59 bits per heavy atom. The maximum Gasteiger partial charge on any atom is 0.254 e. The summed E-state index contributed by atoms with van der Waals surface area (Å²) in [5.74, 6) is 0.528. The van der Waals surface area contributed by atoms with E-state index in [-0.39, 0.29) is 17.2 Å². The fourth-order valence-corrected chi connectivity index (χ4v) is 3.39. The van der Waals surface area contributed by atoms with Crippen LogP contribution in [0.2, 0.25) is 0 Å². The predicted molar refractivity (Wildman–Crippen MR) is 112 cm³/mol. The van der Waals surface area contributed by atoms with Crippen LogP contribution < -0.4 is 20.7 Å². The molecule has 0 saturated carbocycles. The van der Waals surface area contributed by atoms with Crippen molar-refractivity contribution < 1.29 is 13.9 Å². The van der Waals surface area contributed by atoms with Gasteiger partial charge in [-0.05, 0) is 32.0 Å². The van der Waals surface area contributed by atoms with Crippen molar-refractivity contribution in [3.8, 4) is 5.75 Å². The van der Waals surface area contributed by atoms with E-state index in [4.69, 9.17) is 4.74 Å². The highest BCUT2D eigenvalue weighted by atomic mass is 19.1. The van der Waals surface area contributed by atoms with Crippen molar-refractivity contribution in [1.82, 2.24) is 16.0 Å². The minimum atomic E-state index is -0.531. The summed E-state index contributed by atoms with van der Waals surface area (Å²) in [4.78, 5) is 16.3. The predicted octanol–water partition coefficient (Wildman–Crippen LogP) is 3.02. The van der Waals surface area contributed by atoms with E-state index in [0.29, 0.717) is 19.0 Å². The number of hydrogen-bond donors (Lipinski definition) is 3. The van der Waals surface area contributed by atoms with Crippen molar-refractivity contribution in [3.05, 3.63) is 65.5 Å². The lowest BCUT2D eigenvalue weighted by Crippen LogP contribution is -2.46. The largest absolute Gasteiger partial charge is 0.487 e. The Morgan fingerprint density at radius 1 is 1.14 bits per heavy atom. The summed E-state index contributed by atoms with van der Waals surface area (Å²) in [5, 5.41) is 9.33. The molecule has 1 atom stereocenters. The molecule has 7 heteroatoms. The monoisotopic (exact) mass is 398 g/mol. The molecule has 1 amide bonds. The molecule has 1 unspecified atom stereocenters. The quantitative estimate of drug-likeness (QED) is 0.411. The van der Waals surface area contributed by atoms with Gasteiger partial charge in [-0.15, -0.1) is 0 Å². The summed E-state index contributed by atoms with van der Waals surface area (Å²) in [6, 6.07) is 13.9. The number of amides is 1. The molecule has 154 valence electrons. The number of halogens is 1. The van der Waals surface area contributed by atoms with Gasteiger partial charge in [0.2, 0.25) is 0 Å². The smallest absolute Gasteiger partial charge is 0.254 e. The summed E-state index contributed by atoms with van der Waals surface area (Å²) in [6.45, 7) is 4.91. The van der Waals surface area contributed by atoms with Crippen LogP contribution in [-0.2, 0) is 0 Å². The van der Waals surface area contributed by atoms with Gasteiger partial charge in [0, 0.05) is 32.1 Å². The molecular weight excluding hydrogens is 371 g/mol. The van der Waals surface area contributed by atoms with Gasteiger partial charge in [0.25, 0.3) is 5.91 Å². The molecule has 1 aliphatic heterocycles. The Morgan fingerprint density at radius 2 is 1.83 bits per heavy atom. The minimum absolute atomic E-state index is 0.0380. The first-order chi connectivity index (χ1) is 13.9. The number of nitrogens with one attached hydrogen (secondary N) is 3. The highest BCUT2D eigenvalue weighted by Gasteiger charge is 2.33. The Labute approximate surface area is 170 Å². The Hall–Kier alpha value is -3.09. The minimum Gasteiger partial charge on any atom is -0.487 e. The zero-order chi connectivity index (χ0) is 20.9. The molecule has 0 fully saturated rings. The van der Waals surface area contributed by atoms with Crippen LogP contribution in [0, 0.1) is 5.82 Å². The van der Waals surface area contributed by atoms with E-state index in [0.717, 1.165) is 17.7 Å². The van der Waals surface area contributed by atoms with Crippen LogP contribution in [-0.4, -0.2) is 37.6 Å². The average molecular weight is 398 g/mol. The van der Waals surface area contributed by atoms with Crippen LogP contribution in [0.4, 0.5) is 4.39 Å². The SMILES string of the molecule is CN=C(NCCNC(=O)c1ccccc1F)NC1CC(C)(C)Oc2ccccc21. The number of fused-ring (bicyclic) bond motifs is 1. The van der Waals surface area contributed by atoms with E-state index >= 15 is 0 Å². The van der Waals surface area contributed by atoms with Crippen molar-refractivity contribution in [2.45, 2.75) is 31.9 Å². The van der Waals surface area contributed by atoms with Gasteiger partial charge in [-0.25, -0.2) is 4.39 Å². The maximum atomic E-state index is 13.7. The lowest BCUT2D eigenvalue weighted by Gasteiger charge is -2.38. The molecule has 0 aliphatic carbocycles. The molecule has 2 aromatic carbocycles. The second-order valence-corrected chi connectivity index (χ2v) is 7.54. The van der Waals surface area contributed by atoms with Crippen molar-refractivity contribution in [2.24, 2.45) is 4.99 Å². The van der Waals surface area contributed by atoms with Gasteiger partial charge in [0.05, 0.1) is 11.6 Å². The molecule has 0 aromatic heterocycles. The number of carbonyl (C=O) groups excluding carboxylic acids is 1. The number of ether oxygens (including phenoxy) is 1. The van der Waals surface area contributed by atoms with Crippen molar-refractivity contribution in [3.63, 3.8) is 0 Å². The van der Waals surface area contributed by atoms with Crippen molar-refractivity contribution in [1.29, 1.82) is 0 Å². The molecule has 29 heavy (non-hydrogen) atoms. The lowest BCUT2D eigenvalue weighted by atomic mass is 9.90. The van der Waals surface area contributed by atoms with Crippen LogP contribution in [0.15, 0.2) is 53.5 Å². The summed E-state index contributed by atoms with van der Waals surface area (Å²) in [7, 11) is 1.70. The third-order valence-corrected chi connectivity index (χ3v) is 4.73. The molecule has 0 saturated heterocycles. The van der Waals surface area contributed by atoms with Gasteiger partial charge in [0.1, 0.15) is 17.2 Å². The highest BCUT2D eigenvalue weighted by molar-refractivity contribution is 5.94. The van der Waals surface area contributed by atoms with Crippen LogP contribution in [0.3, 0.4) is 0 Å². The molecule has 0 spiro atoms. The van der Waals surface area contributed by atoms with E-state index < -0.39 is 11.7 Å². The number of aliphatic imine (C=N–C) groups is 1. The van der Waals surface area contributed by atoms with Crippen LogP contribution >= 0.6 is 0 Å². The fourth-order valence-electron chi connectivity index (χ4n) is 3.39. The van der Waals surface area contributed by atoms with E-state index in [9.17, 15) is 9.18 Å². The normalized spacial score (nSPS) is 17.7. The van der Waals surface area contributed by atoms with E-state index in [1.807, 2.05) is 24.3 Å². The van der Waals surface area contributed by atoms with Crippen molar-refractivity contribution in [2.75, 3.05) is 20.1 Å². The van der Waals surface area contributed by atoms with Crippen LogP contribution in [0.1, 0.15) is 42.2 Å². The molecule has 2 aromatic rings. The summed E-state index contributed by atoms with van der Waals surface area (Å²) >= 11 is 0. The number of guanidine groups is 1. The number of hydrogen-bond acceptors (Lipinski definition) is 3. The Bertz CT molecular complexity index is 898. The third-order valence-electron chi connectivity index (χ3n) is 4.73. The molecule has 1 heterocycles. The number of benzene rings is 2. The van der Waals surface area contributed by atoms with Gasteiger partial charge >= 0.3 is 0 Å². The van der Waals surface area contributed by atoms with Gasteiger partial charge in [-0.3, -0.25) is 9.79 Å². The molecule has 3 rings (SSSR count). The second kappa shape index (κ2) is 8.94.